The van der Waals surface area contributed by atoms with Crippen LogP contribution >= 0.6 is 15.9 Å². The molecule has 8 heteroatoms. The van der Waals surface area contributed by atoms with E-state index in [1.165, 1.54) is 18.2 Å². The second-order valence-electron chi connectivity index (χ2n) is 6.42. The number of methoxy groups -OCH3 is 1. The SMILES string of the molecule is COc1cc(/C=N\NC(=O)CN2C(=O)c3cccc4cccc2c34)cc(Br)c1O. The molecule has 1 aliphatic rings. The molecule has 0 saturated heterocycles. The number of phenols is 1. The average Bonchev–Trinajstić information content (AvgIpc) is 2.98. The zero-order valence-electron chi connectivity index (χ0n) is 15.3. The number of phenolic OH excluding ortho intramolecular Hbond substituents is 1. The number of nitrogens with one attached hydrogen (secondary N) is 1. The van der Waals surface area contributed by atoms with Gasteiger partial charge in [0.2, 0.25) is 0 Å². The lowest BCUT2D eigenvalue weighted by molar-refractivity contribution is -0.119. The summed E-state index contributed by atoms with van der Waals surface area (Å²) in [4.78, 5) is 26.5. The molecule has 0 fully saturated rings. The minimum absolute atomic E-state index is 0.0185. The van der Waals surface area contributed by atoms with E-state index in [1.807, 2.05) is 30.3 Å². The normalized spacial score (nSPS) is 12.8. The number of ether oxygens (including phenoxy) is 1. The van der Waals surface area contributed by atoms with Crippen LogP contribution in [0.1, 0.15) is 15.9 Å². The third kappa shape index (κ3) is 3.42. The average molecular weight is 454 g/mol. The van der Waals surface area contributed by atoms with Crippen molar-refractivity contribution in [3.8, 4) is 11.5 Å². The highest BCUT2D eigenvalue weighted by Gasteiger charge is 2.30. The van der Waals surface area contributed by atoms with E-state index in [0.29, 0.717) is 15.6 Å². The number of anilines is 1. The Morgan fingerprint density at radius 2 is 2.03 bits per heavy atom. The maximum Gasteiger partial charge on any atom is 0.260 e. The number of hydrogen-bond acceptors (Lipinski definition) is 5. The first-order valence-electron chi connectivity index (χ1n) is 8.71. The summed E-state index contributed by atoms with van der Waals surface area (Å²) in [7, 11) is 1.44. The Hall–Kier alpha value is -3.39. The molecule has 1 heterocycles. The molecule has 3 aromatic carbocycles. The van der Waals surface area contributed by atoms with Crippen LogP contribution in [0.3, 0.4) is 0 Å². The summed E-state index contributed by atoms with van der Waals surface area (Å²) in [6, 6.07) is 14.4. The molecule has 3 aromatic rings. The smallest absolute Gasteiger partial charge is 0.260 e. The van der Waals surface area contributed by atoms with Crippen LogP contribution in [0.4, 0.5) is 5.69 Å². The van der Waals surface area contributed by atoms with Gasteiger partial charge in [0.1, 0.15) is 6.54 Å². The van der Waals surface area contributed by atoms with E-state index in [-0.39, 0.29) is 24.0 Å². The van der Waals surface area contributed by atoms with Crippen molar-refractivity contribution in [2.75, 3.05) is 18.6 Å². The second kappa shape index (κ2) is 7.56. The van der Waals surface area contributed by atoms with Crippen molar-refractivity contribution in [1.82, 2.24) is 5.43 Å². The van der Waals surface area contributed by atoms with Gasteiger partial charge in [0.25, 0.3) is 11.8 Å². The van der Waals surface area contributed by atoms with Gasteiger partial charge < -0.3 is 9.84 Å². The highest BCUT2D eigenvalue weighted by molar-refractivity contribution is 9.10. The first-order valence-corrected chi connectivity index (χ1v) is 9.51. The van der Waals surface area contributed by atoms with Gasteiger partial charge in [-0.25, -0.2) is 5.43 Å². The molecule has 1 aliphatic heterocycles. The fourth-order valence-electron chi connectivity index (χ4n) is 3.32. The largest absolute Gasteiger partial charge is 0.503 e. The molecule has 0 saturated carbocycles. The van der Waals surface area contributed by atoms with E-state index in [4.69, 9.17) is 4.74 Å². The predicted molar refractivity (Wildman–Crippen MR) is 114 cm³/mol. The van der Waals surface area contributed by atoms with E-state index in [0.717, 1.165) is 16.5 Å². The summed E-state index contributed by atoms with van der Waals surface area (Å²) in [5.74, 6) is -0.372. The Balaban J connectivity index is 1.48. The molecule has 0 aromatic heterocycles. The number of benzene rings is 3. The number of halogens is 1. The first-order chi connectivity index (χ1) is 14.0. The molecule has 0 atom stereocenters. The van der Waals surface area contributed by atoms with Gasteiger partial charge in [0, 0.05) is 10.9 Å². The minimum Gasteiger partial charge on any atom is -0.503 e. The molecule has 2 amide bonds. The molecular formula is C21H16BrN3O4. The highest BCUT2D eigenvalue weighted by Crippen LogP contribution is 2.37. The van der Waals surface area contributed by atoms with Crippen LogP contribution in [0, 0.1) is 0 Å². The summed E-state index contributed by atoms with van der Waals surface area (Å²) in [6.45, 7) is -0.146. The maximum absolute atomic E-state index is 12.7. The lowest BCUT2D eigenvalue weighted by Crippen LogP contribution is -2.37. The molecule has 0 unspecified atom stereocenters. The first kappa shape index (κ1) is 18.9. The van der Waals surface area contributed by atoms with Crippen LogP contribution in [0.15, 0.2) is 58.1 Å². The molecule has 2 N–H and O–H groups in total. The number of hydrogen-bond donors (Lipinski definition) is 2. The van der Waals surface area contributed by atoms with Crippen molar-refractivity contribution in [2.45, 2.75) is 0 Å². The Morgan fingerprint density at radius 3 is 2.79 bits per heavy atom. The van der Waals surface area contributed by atoms with Crippen molar-refractivity contribution in [1.29, 1.82) is 0 Å². The topological polar surface area (TPSA) is 91.2 Å². The quantitative estimate of drug-likeness (QED) is 0.457. The fourth-order valence-corrected chi connectivity index (χ4v) is 3.78. The number of carbonyl (C=O) groups is 2. The van der Waals surface area contributed by atoms with Crippen molar-refractivity contribution < 1.29 is 19.4 Å². The van der Waals surface area contributed by atoms with Gasteiger partial charge in [-0.3, -0.25) is 14.5 Å². The molecular weight excluding hydrogens is 438 g/mol. The monoisotopic (exact) mass is 453 g/mol. The van der Waals surface area contributed by atoms with Crippen LogP contribution in [0.5, 0.6) is 11.5 Å². The van der Waals surface area contributed by atoms with Crippen LogP contribution in [0.2, 0.25) is 0 Å². The number of carbonyl (C=O) groups excluding carboxylic acids is 2. The van der Waals surface area contributed by atoms with Crippen molar-refractivity contribution in [3.63, 3.8) is 0 Å². The summed E-state index contributed by atoms with van der Waals surface area (Å²) < 4.78 is 5.52. The molecule has 0 spiro atoms. The number of nitrogens with zero attached hydrogens (tertiary/aromatic N) is 2. The molecule has 146 valence electrons. The standard InChI is InChI=1S/C21H16BrN3O4/c1-29-17-9-12(8-15(22)20(17)27)10-23-24-18(26)11-25-16-7-3-5-13-4-2-6-14(19(13)16)21(25)28/h2-10,27H,11H2,1H3,(H,24,26)/b23-10-. The van der Waals surface area contributed by atoms with Crippen molar-refractivity contribution in [2.24, 2.45) is 5.10 Å². The lowest BCUT2D eigenvalue weighted by Gasteiger charge is -2.16. The third-order valence-electron chi connectivity index (χ3n) is 4.62. The Morgan fingerprint density at radius 1 is 1.28 bits per heavy atom. The van der Waals surface area contributed by atoms with Crippen molar-refractivity contribution in [3.05, 3.63) is 64.1 Å². The van der Waals surface area contributed by atoms with E-state index in [1.54, 1.807) is 18.2 Å². The van der Waals surface area contributed by atoms with Gasteiger partial charge >= 0.3 is 0 Å². The summed E-state index contributed by atoms with van der Waals surface area (Å²) in [5, 5.41) is 15.6. The number of aromatic hydroxyl groups is 1. The molecule has 0 radical (unpaired) electrons. The molecule has 0 bridgehead atoms. The minimum atomic E-state index is -0.427. The van der Waals surface area contributed by atoms with Crippen LogP contribution in [-0.4, -0.2) is 36.8 Å². The molecule has 4 rings (SSSR count). The highest BCUT2D eigenvalue weighted by atomic mass is 79.9. The van der Waals surface area contributed by atoms with Gasteiger partial charge in [-0.1, -0.05) is 24.3 Å². The third-order valence-corrected chi connectivity index (χ3v) is 5.23. The second-order valence-corrected chi connectivity index (χ2v) is 7.27. The Kier molecular flexibility index (Phi) is 4.94. The fraction of sp³-hybridized carbons (Fsp3) is 0.0952. The maximum atomic E-state index is 12.7. The number of amides is 2. The van der Waals surface area contributed by atoms with Crippen LogP contribution in [0.25, 0.3) is 10.8 Å². The Bertz CT molecular complexity index is 1170. The van der Waals surface area contributed by atoms with Gasteiger partial charge in [-0.15, -0.1) is 0 Å². The predicted octanol–water partition coefficient (Wildman–Crippen LogP) is 3.43. The molecule has 0 aliphatic carbocycles. The lowest BCUT2D eigenvalue weighted by atomic mass is 10.1. The molecule has 7 nitrogen and oxygen atoms in total. The van der Waals surface area contributed by atoms with Gasteiger partial charge in [-0.2, -0.15) is 5.10 Å². The van der Waals surface area contributed by atoms with Crippen LogP contribution in [-0.2, 0) is 4.79 Å². The summed E-state index contributed by atoms with van der Waals surface area (Å²) in [6.07, 6.45) is 1.42. The summed E-state index contributed by atoms with van der Waals surface area (Å²) in [5.41, 5.74) is 4.35. The zero-order valence-corrected chi connectivity index (χ0v) is 16.9. The van der Waals surface area contributed by atoms with Gasteiger partial charge in [0.05, 0.1) is 23.5 Å². The van der Waals surface area contributed by atoms with E-state index in [9.17, 15) is 14.7 Å². The van der Waals surface area contributed by atoms with Crippen LogP contribution < -0.4 is 15.1 Å². The van der Waals surface area contributed by atoms with Crippen molar-refractivity contribution >= 4 is 50.4 Å². The van der Waals surface area contributed by atoms with E-state index in [2.05, 4.69) is 26.5 Å². The number of hydrazone groups is 1. The van der Waals surface area contributed by atoms with E-state index < -0.39 is 5.91 Å². The van der Waals surface area contributed by atoms with Gasteiger partial charge in [0.15, 0.2) is 11.5 Å². The van der Waals surface area contributed by atoms with E-state index >= 15 is 0 Å². The zero-order chi connectivity index (χ0) is 20.5. The summed E-state index contributed by atoms with van der Waals surface area (Å²) >= 11 is 3.23. The van der Waals surface area contributed by atoms with Gasteiger partial charge in [-0.05, 0) is 51.1 Å². The number of rotatable bonds is 5. The molecule has 29 heavy (non-hydrogen) atoms. The Labute approximate surface area is 174 Å².